The number of fused-ring (bicyclic) bond motifs is 1. The Hall–Kier alpha value is -2.49. The predicted octanol–water partition coefficient (Wildman–Crippen LogP) is 0.397. The minimum Gasteiger partial charge on any atom is -0.478 e. The maximum absolute atomic E-state index is 13.0. The molecule has 1 aromatic carbocycles. The Bertz CT molecular complexity index is 839. The normalized spacial score (nSPS) is 27.0. The maximum atomic E-state index is 13.0. The van der Waals surface area contributed by atoms with Gasteiger partial charge in [-0.25, -0.2) is 4.79 Å². The SMILES string of the molecule is CN1C(CCC(=O)N2CCOCC2)CNC(=O)C2C1CCN2Cc1ccc(C(=O)O)cc1. The van der Waals surface area contributed by atoms with E-state index in [9.17, 15) is 14.4 Å². The summed E-state index contributed by atoms with van der Waals surface area (Å²) in [6, 6.07) is 6.80. The summed E-state index contributed by atoms with van der Waals surface area (Å²) in [5, 5.41) is 12.2. The van der Waals surface area contributed by atoms with Crippen LogP contribution in [-0.2, 0) is 20.9 Å². The molecule has 0 bridgehead atoms. The van der Waals surface area contributed by atoms with Crippen molar-refractivity contribution < 1.29 is 24.2 Å². The molecule has 9 nitrogen and oxygen atoms in total. The molecule has 3 fully saturated rings. The van der Waals surface area contributed by atoms with Crippen molar-refractivity contribution in [2.45, 2.75) is 43.9 Å². The standard InChI is InChI=1S/C23H32N4O5/c1-25-18(6-7-20(28)26-10-12-32-13-11-26)14-24-22(29)21-19(25)8-9-27(21)15-16-2-4-17(5-3-16)23(30)31/h2-5,18-19,21H,6-15H2,1H3,(H,24,29)(H,30,31). The van der Waals surface area contributed by atoms with E-state index in [-0.39, 0.29) is 35.5 Å². The molecular formula is C23H32N4O5. The highest BCUT2D eigenvalue weighted by atomic mass is 16.5. The number of ether oxygens (including phenoxy) is 1. The fraction of sp³-hybridized carbons (Fsp3) is 0.609. The fourth-order valence-electron chi connectivity index (χ4n) is 5.07. The number of likely N-dealkylation sites (N-methyl/N-ethyl adjacent to an activating group) is 1. The minimum atomic E-state index is -0.944. The van der Waals surface area contributed by atoms with Crippen LogP contribution < -0.4 is 5.32 Å². The van der Waals surface area contributed by atoms with Gasteiger partial charge in [0.15, 0.2) is 0 Å². The predicted molar refractivity (Wildman–Crippen MR) is 117 cm³/mol. The second-order valence-corrected chi connectivity index (χ2v) is 8.87. The van der Waals surface area contributed by atoms with Crippen molar-refractivity contribution in [1.82, 2.24) is 20.0 Å². The highest BCUT2D eigenvalue weighted by molar-refractivity contribution is 5.87. The molecule has 174 valence electrons. The van der Waals surface area contributed by atoms with Crippen LogP contribution in [0.15, 0.2) is 24.3 Å². The monoisotopic (exact) mass is 444 g/mol. The fourth-order valence-corrected chi connectivity index (χ4v) is 5.07. The van der Waals surface area contributed by atoms with E-state index in [1.54, 1.807) is 12.1 Å². The Morgan fingerprint density at radius 2 is 1.88 bits per heavy atom. The van der Waals surface area contributed by atoms with Crippen molar-refractivity contribution in [2.75, 3.05) is 46.4 Å². The molecule has 3 atom stereocenters. The summed E-state index contributed by atoms with van der Waals surface area (Å²) in [6.45, 7) is 4.45. The highest BCUT2D eigenvalue weighted by Crippen LogP contribution is 2.28. The van der Waals surface area contributed by atoms with E-state index in [1.165, 1.54) is 0 Å². The van der Waals surface area contributed by atoms with Gasteiger partial charge in [0.25, 0.3) is 0 Å². The molecule has 3 aliphatic rings. The average Bonchev–Trinajstić information content (AvgIpc) is 3.17. The molecule has 0 aromatic heterocycles. The van der Waals surface area contributed by atoms with Gasteiger partial charge in [-0.2, -0.15) is 0 Å². The molecule has 0 saturated carbocycles. The minimum absolute atomic E-state index is 0.0310. The number of benzene rings is 1. The van der Waals surface area contributed by atoms with Gasteiger partial charge >= 0.3 is 5.97 Å². The molecule has 0 spiro atoms. The third-order valence-electron chi connectivity index (χ3n) is 6.99. The van der Waals surface area contributed by atoms with E-state index >= 15 is 0 Å². The summed E-state index contributed by atoms with van der Waals surface area (Å²) in [7, 11) is 2.06. The number of nitrogens with zero attached hydrogens (tertiary/aromatic N) is 3. The van der Waals surface area contributed by atoms with E-state index in [0.29, 0.717) is 52.2 Å². The van der Waals surface area contributed by atoms with Gasteiger partial charge in [0, 0.05) is 51.2 Å². The number of hydrogen-bond acceptors (Lipinski definition) is 6. The Kier molecular flexibility index (Phi) is 7.07. The number of hydrogen-bond donors (Lipinski definition) is 2. The summed E-state index contributed by atoms with van der Waals surface area (Å²) in [5.74, 6) is -0.754. The first-order valence-corrected chi connectivity index (χ1v) is 11.4. The summed E-state index contributed by atoms with van der Waals surface area (Å²) >= 11 is 0. The van der Waals surface area contributed by atoms with Crippen LogP contribution in [0.2, 0.25) is 0 Å². The number of morpholine rings is 1. The molecular weight excluding hydrogens is 412 g/mol. The van der Waals surface area contributed by atoms with Crippen LogP contribution in [0.25, 0.3) is 0 Å². The van der Waals surface area contributed by atoms with E-state index in [1.807, 2.05) is 17.0 Å². The van der Waals surface area contributed by atoms with Crippen LogP contribution in [0.1, 0.15) is 35.2 Å². The average molecular weight is 445 g/mol. The number of carbonyl (C=O) groups is 3. The zero-order valence-corrected chi connectivity index (χ0v) is 18.5. The van der Waals surface area contributed by atoms with Gasteiger partial charge in [-0.15, -0.1) is 0 Å². The number of amides is 2. The molecule has 3 unspecified atom stereocenters. The smallest absolute Gasteiger partial charge is 0.335 e. The van der Waals surface area contributed by atoms with Crippen LogP contribution in [0, 0.1) is 0 Å². The lowest BCUT2D eigenvalue weighted by Crippen LogP contribution is -2.49. The quantitative estimate of drug-likeness (QED) is 0.655. The number of carbonyl (C=O) groups excluding carboxylic acids is 2. The summed E-state index contributed by atoms with van der Waals surface area (Å²) in [6.07, 6.45) is 2.07. The van der Waals surface area contributed by atoms with Crippen LogP contribution in [0.4, 0.5) is 0 Å². The Morgan fingerprint density at radius 1 is 1.16 bits per heavy atom. The van der Waals surface area contributed by atoms with Crippen molar-refractivity contribution in [3.05, 3.63) is 35.4 Å². The number of rotatable bonds is 6. The Balaban J connectivity index is 1.37. The molecule has 3 aliphatic heterocycles. The van der Waals surface area contributed by atoms with Crippen molar-refractivity contribution in [3.63, 3.8) is 0 Å². The van der Waals surface area contributed by atoms with E-state index < -0.39 is 5.97 Å². The number of carboxylic acid groups (broad SMARTS) is 1. The van der Waals surface area contributed by atoms with Gasteiger partial charge in [-0.3, -0.25) is 19.4 Å². The third kappa shape index (κ3) is 4.95. The van der Waals surface area contributed by atoms with Crippen LogP contribution in [0.3, 0.4) is 0 Å². The summed E-state index contributed by atoms with van der Waals surface area (Å²) < 4.78 is 5.33. The first-order valence-electron chi connectivity index (χ1n) is 11.4. The number of aromatic carboxylic acids is 1. The number of nitrogens with one attached hydrogen (secondary N) is 1. The lowest BCUT2D eigenvalue weighted by atomic mass is 10.0. The Morgan fingerprint density at radius 3 is 2.56 bits per heavy atom. The van der Waals surface area contributed by atoms with Gasteiger partial charge in [0.2, 0.25) is 11.8 Å². The Labute approximate surface area is 188 Å². The van der Waals surface area contributed by atoms with Gasteiger partial charge in [0.1, 0.15) is 6.04 Å². The molecule has 9 heteroatoms. The van der Waals surface area contributed by atoms with Crippen molar-refractivity contribution >= 4 is 17.8 Å². The lowest BCUT2D eigenvalue weighted by molar-refractivity contribution is -0.135. The molecule has 2 N–H and O–H groups in total. The molecule has 2 amide bonds. The summed E-state index contributed by atoms with van der Waals surface area (Å²) in [4.78, 5) is 42.9. The van der Waals surface area contributed by atoms with Crippen molar-refractivity contribution in [1.29, 1.82) is 0 Å². The van der Waals surface area contributed by atoms with Crippen LogP contribution in [-0.4, -0.2) is 102 Å². The molecule has 1 aromatic rings. The zero-order valence-electron chi connectivity index (χ0n) is 18.5. The second kappa shape index (κ2) is 9.97. The molecule has 32 heavy (non-hydrogen) atoms. The largest absolute Gasteiger partial charge is 0.478 e. The van der Waals surface area contributed by atoms with Gasteiger partial charge < -0.3 is 20.1 Å². The van der Waals surface area contributed by atoms with Gasteiger partial charge in [0.05, 0.1) is 18.8 Å². The topological polar surface area (TPSA) is 102 Å². The highest BCUT2D eigenvalue weighted by Gasteiger charge is 2.45. The zero-order chi connectivity index (χ0) is 22.7. The van der Waals surface area contributed by atoms with Crippen molar-refractivity contribution in [3.8, 4) is 0 Å². The second-order valence-electron chi connectivity index (χ2n) is 8.87. The summed E-state index contributed by atoms with van der Waals surface area (Å²) in [5.41, 5.74) is 1.25. The first-order chi connectivity index (χ1) is 15.4. The number of carboxylic acids is 1. The number of likely N-dealkylation sites (tertiary alicyclic amines) is 1. The third-order valence-corrected chi connectivity index (χ3v) is 6.99. The molecule has 3 heterocycles. The van der Waals surface area contributed by atoms with Crippen LogP contribution in [0.5, 0.6) is 0 Å². The van der Waals surface area contributed by atoms with Crippen molar-refractivity contribution in [2.24, 2.45) is 0 Å². The van der Waals surface area contributed by atoms with E-state index in [0.717, 1.165) is 18.5 Å². The lowest BCUT2D eigenvalue weighted by Gasteiger charge is -2.33. The molecule has 0 aliphatic carbocycles. The maximum Gasteiger partial charge on any atom is 0.335 e. The van der Waals surface area contributed by atoms with E-state index in [2.05, 4.69) is 22.2 Å². The molecule has 3 saturated heterocycles. The van der Waals surface area contributed by atoms with Gasteiger partial charge in [-0.05, 0) is 37.6 Å². The first kappa shape index (κ1) is 22.7. The van der Waals surface area contributed by atoms with Gasteiger partial charge in [-0.1, -0.05) is 12.1 Å². The van der Waals surface area contributed by atoms with E-state index in [4.69, 9.17) is 9.84 Å². The molecule has 0 radical (unpaired) electrons. The van der Waals surface area contributed by atoms with Crippen LogP contribution >= 0.6 is 0 Å². The molecule has 4 rings (SSSR count).